The lowest BCUT2D eigenvalue weighted by atomic mass is 10.1. The summed E-state index contributed by atoms with van der Waals surface area (Å²) in [5.74, 6) is 0.284. The van der Waals surface area contributed by atoms with Gasteiger partial charge in [-0.25, -0.2) is 0 Å². The molecule has 1 aromatic rings. The Bertz CT molecular complexity index is 453. The molecule has 0 spiro atoms. The van der Waals surface area contributed by atoms with Crippen molar-refractivity contribution in [3.8, 4) is 0 Å². The van der Waals surface area contributed by atoms with Crippen LogP contribution < -0.4 is 5.32 Å². The fraction of sp³-hybridized carbons (Fsp3) is 0.385. The van der Waals surface area contributed by atoms with Gasteiger partial charge in [0.1, 0.15) is 12.8 Å². The Balaban J connectivity index is 2.01. The lowest BCUT2D eigenvalue weighted by molar-refractivity contribution is -0.121. The van der Waals surface area contributed by atoms with Crippen molar-refractivity contribution in [1.29, 1.82) is 0 Å². The molecule has 18 heavy (non-hydrogen) atoms. The van der Waals surface area contributed by atoms with Crippen molar-refractivity contribution in [2.45, 2.75) is 12.8 Å². The summed E-state index contributed by atoms with van der Waals surface area (Å²) in [7, 11) is 1.48. The highest BCUT2D eigenvalue weighted by atomic mass is 35.5. The molecule has 1 fully saturated rings. The normalized spacial score (nSPS) is 15.3. The van der Waals surface area contributed by atoms with E-state index >= 15 is 0 Å². The molecule has 0 unspecified atom stereocenters. The fourth-order valence-electron chi connectivity index (χ4n) is 1.60. The van der Waals surface area contributed by atoms with Gasteiger partial charge in [0.05, 0.1) is 6.54 Å². The van der Waals surface area contributed by atoms with Gasteiger partial charge >= 0.3 is 0 Å². The van der Waals surface area contributed by atoms with E-state index in [0.29, 0.717) is 17.3 Å². The maximum atomic E-state index is 11.6. The minimum absolute atomic E-state index is 0.0905. The maximum Gasteiger partial charge on any atom is 0.223 e. The topological polar surface area (TPSA) is 50.7 Å². The smallest absolute Gasteiger partial charge is 0.223 e. The molecule has 96 valence electrons. The molecule has 1 aromatic carbocycles. The molecular weight excluding hydrogens is 252 g/mol. The van der Waals surface area contributed by atoms with Crippen molar-refractivity contribution >= 4 is 23.2 Å². The quantitative estimate of drug-likeness (QED) is 0.656. The number of nitrogens with one attached hydrogen (secondary N) is 1. The second-order valence-corrected chi connectivity index (χ2v) is 4.66. The van der Waals surface area contributed by atoms with Crippen molar-refractivity contribution < 1.29 is 9.63 Å². The van der Waals surface area contributed by atoms with Crippen LogP contribution in [0, 0.1) is 5.92 Å². The number of amides is 1. The van der Waals surface area contributed by atoms with E-state index in [1.54, 1.807) is 12.1 Å². The SMILES string of the molecule is CO/N=C(\CNC(=O)C1CC1)c1ccc(Cl)cc1. The summed E-state index contributed by atoms with van der Waals surface area (Å²) < 4.78 is 0. The zero-order chi connectivity index (χ0) is 13.0. The van der Waals surface area contributed by atoms with Gasteiger partial charge in [0.15, 0.2) is 0 Å². The number of halogens is 1. The Hall–Kier alpha value is -1.55. The van der Waals surface area contributed by atoms with Crippen molar-refractivity contribution in [1.82, 2.24) is 5.32 Å². The average Bonchev–Trinajstić information content (AvgIpc) is 3.19. The van der Waals surface area contributed by atoms with Crippen LogP contribution in [0.3, 0.4) is 0 Å². The van der Waals surface area contributed by atoms with E-state index in [1.807, 2.05) is 12.1 Å². The standard InChI is InChI=1S/C13H15ClN2O2/c1-18-16-12(8-15-13(17)10-2-3-10)9-4-6-11(14)7-5-9/h4-7,10H,2-3,8H2,1H3,(H,15,17)/b16-12+. The third-order valence-electron chi connectivity index (χ3n) is 2.76. The first kappa shape index (κ1) is 12.9. The fourth-order valence-corrected chi connectivity index (χ4v) is 1.73. The third kappa shape index (κ3) is 3.47. The maximum absolute atomic E-state index is 11.6. The lowest BCUT2D eigenvalue weighted by Gasteiger charge is -2.07. The van der Waals surface area contributed by atoms with Crippen molar-refractivity contribution in [2.24, 2.45) is 11.1 Å². The molecular formula is C13H15ClN2O2. The Labute approximate surface area is 111 Å². The third-order valence-corrected chi connectivity index (χ3v) is 3.01. The molecule has 2 rings (SSSR count). The number of nitrogens with zero attached hydrogens (tertiary/aromatic N) is 1. The molecule has 1 aliphatic rings. The second kappa shape index (κ2) is 5.87. The molecule has 0 bridgehead atoms. The number of benzene rings is 1. The first-order valence-electron chi connectivity index (χ1n) is 5.84. The summed E-state index contributed by atoms with van der Waals surface area (Å²) in [6.07, 6.45) is 1.98. The predicted octanol–water partition coefficient (Wildman–Crippen LogP) is 2.22. The number of carbonyl (C=O) groups is 1. The van der Waals surface area contributed by atoms with E-state index in [9.17, 15) is 4.79 Å². The van der Waals surface area contributed by atoms with E-state index < -0.39 is 0 Å². The molecule has 1 N–H and O–H groups in total. The Morgan fingerprint density at radius 2 is 2.11 bits per heavy atom. The van der Waals surface area contributed by atoms with Gasteiger partial charge in [-0.1, -0.05) is 28.9 Å². The van der Waals surface area contributed by atoms with E-state index in [-0.39, 0.29) is 11.8 Å². The highest BCUT2D eigenvalue weighted by molar-refractivity contribution is 6.30. The van der Waals surface area contributed by atoms with Crippen LogP contribution in [0.25, 0.3) is 0 Å². The van der Waals surface area contributed by atoms with Gasteiger partial charge in [0, 0.05) is 16.5 Å². The van der Waals surface area contributed by atoms with Gasteiger partial charge in [-0.2, -0.15) is 0 Å². The molecule has 0 heterocycles. The van der Waals surface area contributed by atoms with Gasteiger partial charge in [-0.15, -0.1) is 0 Å². The number of carbonyl (C=O) groups excluding carboxylic acids is 1. The molecule has 1 amide bonds. The van der Waals surface area contributed by atoms with Gasteiger partial charge in [0.25, 0.3) is 0 Å². The summed E-state index contributed by atoms with van der Waals surface area (Å²) >= 11 is 5.83. The largest absolute Gasteiger partial charge is 0.399 e. The monoisotopic (exact) mass is 266 g/mol. The van der Waals surface area contributed by atoms with Gasteiger partial charge < -0.3 is 10.2 Å². The molecule has 0 saturated heterocycles. The Morgan fingerprint density at radius 3 is 2.67 bits per heavy atom. The van der Waals surface area contributed by atoms with Crippen molar-refractivity contribution in [2.75, 3.05) is 13.7 Å². The van der Waals surface area contributed by atoms with E-state index in [1.165, 1.54) is 7.11 Å². The molecule has 0 atom stereocenters. The van der Waals surface area contributed by atoms with Crippen LogP contribution in [0.4, 0.5) is 0 Å². The highest BCUT2D eigenvalue weighted by Crippen LogP contribution is 2.28. The number of hydrogen-bond acceptors (Lipinski definition) is 3. The predicted molar refractivity (Wildman–Crippen MR) is 70.7 cm³/mol. The summed E-state index contributed by atoms with van der Waals surface area (Å²) in [6, 6.07) is 7.27. The Kier molecular flexibility index (Phi) is 4.20. The minimum Gasteiger partial charge on any atom is -0.399 e. The molecule has 0 aliphatic heterocycles. The zero-order valence-corrected chi connectivity index (χ0v) is 10.9. The number of rotatable bonds is 5. The molecule has 0 radical (unpaired) electrons. The van der Waals surface area contributed by atoms with Gasteiger partial charge in [-0.05, 0) is 25.0 Å². The summed E-state index contributed by atoms with van der Waals surface area (Å²) in [6.45, 7) is 0.366. The van der Waals surface area contributed by atoms with Crippen LogP contribution >= 0.6 is 11.6 Å². The summed E-state index contributed by atoms with van der Waals surface area (Å²) in [5, 5.41) is 7.46. The Morgan fingerprint density at radius 1 is 1.44 bits per heavy atom. The molecule has 4 nitrogen and oxygen atoms in total. The second-order valence-electron chi connectivity index (χ2n) is 4.22. The number of hydrogen-bond donors (Lipinski definition) is 1. The number of oxime groups is 1. The van der Waals surface area contributed by atoms with Crippen LogP contribution in [-0.2, 0) is 9.63 Å². The lowest BCUT2D eigenvalue weighted by Crippen LogP contribution is -2.31. The molecule has 0 aromatic heterocycles. The molecule has 5 heteroatoms. The summed E-state index contributed by atoms with van der Waals surface area (Å²) in [5.41, 5.74) is 1.57. The van der Waals surface area contributed by atoms with Crippen molar-refractivity contribution in [3.05, 3.63) is 34.9 Å². The van der Waals surface area contributed by atoms with Crippen LogP contribution in [-0.4, -0.2) is 25.3 Å². The highest BCUT2D eigenvalue weighted by Gasteiger charge is 2.29. The first-order chi connectivity index (χ1) is 8.70. The van der Waals surface area contributed by atoms with Gasteiger partial charge in [0.2, 0.25) is 5.91 Å². The minimum atomic E-state index is 0.0905. The van der Waals surface area contributed by atoms with E-state index in [2.05, 4.69) is 10.5 Å². The van der Waals surface area contributed by atoms with Crippen molar-refractivity contribution in [3.63, 3.8) is 0 Å². The first-order valence-corrected chi connectivity index (χ1v) is 6.22. The van der Waals surface area contributed by atoms with Crippen LogP contribution in [0.5, 0.6) is 0 Å². The van der Waals surface area contributed by atoms with Crippen LogP contribution in [0.1, 0.15) is 18.4 Å². The van der Waals surface area contributed by atoms with E-state index in [0.717, 1.165) is 18.4 Å². The summed E-state index contributed by atoms with van der Waals surface area (Å²) in [4.78, 5) is 16.4. The van der Waals surface area contributed by atoms with E-state index in [4.69, 9.17) is 16.4 Å². The molecule has 1 saturated carbocycles. The molecule has 1 aliphatic carbocycles. The zero-order valence-electron chi connectivity index (χ0n) is 10.1. The van der Waals surface area contributed by atoms with Crippen LogP contribution in [0.2, 0.25) is 5.02 Å². The average molecular weight is 267 g/mol. The van der Waals surface area contributed by atoms with Crippen LogP contribution in [0.15, 0.2) is 29.4 Å². The van der Waals surface area contributed by atoms with Gasteiger partial charge in [-0.3, -0.25) is 4.79 Å².